The van der Waals surface area contributed by atoms with Crippen LogP contribution in [0, 0.1) is 11.3 Å². The number of aliphatic hydroxyl groups excluding tert-OH is 1. The highest BCUT2D eigenvalue weighted by Crippen LogP contribution is 2.43. The lowest BCUT2D eigenvalue weighted by Crippen LogP contribution is -2.51. The fourth-order valence-corrected chi connectivity index (χ4v) is 3.40. The summed E-state index contributed by atoms with van der Waals surface area (Å²) in [6.07, 6.45) is 6.77. The van der Waals surface area contributed by atoms with Gasteiger partial charge in [0.2, 0.25) is 5.91 Å². The number of amides is 1. The van der Waals surface area contributed by atoms with Gasteiger partial charge in [-0.3, -0.25) is 4.79 Å². The molecule has 0 saturated heterocycles. The summed E-state index contributed by atoms with van der Waals surface area (Å²) in [5.74, 6) is 0.825. The average Bonchev–Trinajstić information content (AvgIpc) is 2.64. The van der Waals surface area contributed by atoms with Crippen LogP contribution in [-0.2, 0) is 4.79 Å². The fraction of sp³-hybridized carbons (Fsp3) is 0.929. The zero-order valence-corrected chi connectivity index (χ0v) is 11.0. The van der Waals surface area contributed by atoms with Crippen molar-refractivity contribution in [2.45, 2.75) is 70.9 Å². The van der Waals surface area contributed by atoms with Gasteiger partial charge in [-0.25, -0.2) is 0 Å². The second kappa shape index (κ2) is 4.97. The molecule has 98 valence electrons. The van der Waals surface area contributed by atoms with E-state index in [1.54, 1.807) is 0 Å². The highest BCUT2D eigenvalue weighted by Gasteiger charge is 2.43. The van der Waals surface area contributed by atoms with E-state index < -0.39 is 0 Å². The van der Waals surface area contributed by atoms with Crippen LogP contribution in [0.2, 0.25) is 0 Å². The molecular weight excluding hydrogens is 214 g/mol. The van der Waals surface area contributed by atoms with Crippen molar-refractivity contribution in [1.82, 2.24) is 5.32 Å². The van der Waals surface area contributed by atoms with Crippen LogP contribution < -0.4 is 5.32 Å². The smallest absolute Gasteiger partial charge is 0.226 e. The quantitative estimate of drug-likeness (QED) is 0.790. The lowest BCUT2D eigenvalue weighted by Gasteiger charge is -2.37. The van der Waals surface area contributed by atoms with Crippen molar-refractivity contribution in [3.8, 4) is 0 Å². The highest BCUT2D eigenvalue weighted by molar-refractivity contribution is 5.83. The minimum atomic E-state index is -0.190. The molecule has 0 bridgehead atoms. The van der Waals surface area contributed by atoms with Crippen LogP contribution in [0.4, 0.5) is 0 Å². The molecule has 0 heterocycles. The first-order valence-electron chi connectivity index (χ1n) is 7.01. The molecule has 0 spiro atoms. The maximum absolute atomic E-state index is 12.4. The third kappa shape index (κ3) is 2.82. The Morgan fingerprint density at radius 1 is 1.35 bits per heavy atom. The number of carbonyl (C=O) groups excluding carboxylic acids is 1. The normalized spacial score (nSPS) is 31.3. The fourth-order valence-electron chi connectivity index (χ4n) is 3.40. The van der Waals surface area contributed by atoms with Gasteiger partial charge in [0, 0.05) is 11.5 Å². The van der Waals surface area contributed by atoms with E-state index >= 15 is 0 Å². The highest BCUT2D eigenvalue weighted by atomic mass is 16.3. The van der Waals surface area contributed by atoms with Crippen molar-refractivity contribution in [2.75, 3.05) is 0 Å². The molecule has 2 N–H and O–H groups in total. The molecule has 2 saturated carbocycles. The molecule has 2 aliphatic rings. The predicted octanol–water partition coefficient (Wildman–Crippen LogP) is 2.23. The topological polar surface area (TPSA) is 49.3 Å². The Balaban J connectivity index is 1.93. The van der Waals surface area contributed by atoms with Crippen LogP contribution in [0.1, 0.15) is 58.8 Å². The molecule has 0 aromatic heterocycles. The standard InChI is InChI=1S/C14H25NO2/c1-10(2)9-14(5-3-4-6-14)13(17)15-11-7-12(16)8-11/h10-12,16H,3-9H2,1-2H3,(H,15,17). The number of hydrogen-bond acceptors (Lipinski definition) is 2. The van der Waals surface area contributed by atoms with Crippen LogP contribution >= 0.6 is 0 Å². The van der Waals surface area contributed by atoms with Crippen LogP contribution in [0.3, 0.4) is 0 Å². The van der Waals surface area contributed by atoms with E-state index in [0.717, 1.165) is 32.1 Å². The first kappa shape index (κ1) is 12.9. The summed E-state index contributed by atoms with van der Waals surface area (Å²) in [6, 6.07) is 0.224. The van der Waals surface area contributed by atoms with E-state index in [9.17, 15) is 9.90 Å². The zero-order valence-electron chi connectivity index (χ0n) is 11.0. The Kier molecular flexibility index (Phi) is 3.76. The Labute approximate surface area is 104 Å². The first-order chi connectivity index (χ1) is 8.02. The maximum atomic E-state index is 12.4. The van der Waals surface area contributed by atoms with Crippen molar-refractivity contribution in [1.29, 1.82) is 0 Å². The first-order valence-corrected chi connectivity index (χ1v) is 7.01. The van der Waals surface area contributed by atoms with Crippen molar-refractivity contribution in [2.24, 2.45) is 11.3 Å². The summed E-state index contributed by atoms with van der Waals surface area (Å²) < 4.78 is 0. The molecule has 2 fully saturated rings. The number of hydrogen-bond donors (Lipinski definition) is 2. The van der Waals surface area contributed by atoms with Gasteiger partial charge in [-0.1, -0.05) is 26.7 Å². The van der Waals surface area contributed by atoms with Gasteiger partial charge in [0.15, 0.2) is 0 Å². The van der Waals surface area contributed by atoms with Crippen molar-refractivity contribution in [3.05, 3.63) is 0 Å². The van der Waals surface area contributed by atoms with E-state index in [1.807, 2.05) is 0 Å². The lowest BCUT2D eigenvalue weighted by molar-refractivity contribution is -0.134. The summed E-state index contributed by atoms with van der Waals surface area (Å²) in [4.78, 5) is 12.4. The number of rotatable bonds is 4. The van der Waals surface area contributed by atoms with Crippen LogP contribution in [0.5, 0.6) is 0 Å². The molecular formula is C14H25NO2. The monoisotopic (exact) mass is 239 g/mol. The van der Waals surface area contributed by atoms with Gasteiger partial charge in [-0.05, 0) is 38.0 Å². The van der Waals surface area contributed by atoms with Gasteiger partial charge in [0.1, 0.15) is 0 Å². The molecule has 0 aliphatic heterocycles. The maximum Gasteiger partial charge on any atom is 0.226 e. The minimum absolute atomic E-state index is 0.102. The third-order valence-electron chi connectivity index (χ3n) is 4.29. The molecule has 0 aromatic carbocycles. The van der Waals surface area contributed by atoms with E-state index in [0.29, 0.717) is 5.92 Å². The molecule has 0 unspecified atom stereocenters. The summed E-state index contributed by atoms with van der Waals surface area (Å²) >= 11 is 0. The van der Waals surface area contributed by atoms with Crippen LogP contribution in [-0.4, -0.2) is 23.2 Å². The predicted molar refractivity (Wildman–Crippen MR) is 67.5 cm³/mol. The Morgan fingerprint density at radius 2 is 1.94 bits per heavy atom. The third-order valence-corrected chi connectivity index (χ3v) is 4.29. The molecule has 2 rings (SSSR count). The molecule has 17 heavy (non-hydrogen) atoms. The molecule has 1 amide bonds. The van der Waals surface area contributed by atoms with Gasteiger partial charge in [-0.2, -0.15) is 0 Å². The van der Waals surface area contributed by atoms with Gasteiger partial charge in [-0.15, -0.1) is 0 Å². The molecule has 3 heteroatoms. The van der Waals surface area contributed by atoms with Gasteiger partial charge < -0.3 is 10.4 Å². The van der Waals surface area contributed by atoms with Crippen molar-refractivity contribution >= 4 is 5.91 Å². The second-order valence-electron chi connectivity index (χ2n) is 6.38. The SMILES string of the molecule is CC(C)CC1(C(=O)NC2CC(O)C2)CCCC1. The van der Waals surface area contributed by atoms with E-state index in [-0.39, 0.29) is 23.5 Å². The van der Waals surface area contributed by atoms with E-state index in [1.165, 1.54) is 12.8 Å². The Bertz CT molecular complexity index is 276. The largest absolute Gasteiger partial charge is 0.393 e. The van der Waals surface area contributed by atoms with Gasteiger partial charge in [0.05, 0.1) is 6.10 Å². The summed E-state index contributed by atoms with van der Waals surface area (Å²) in [6.45, 7) is 4.39. The number of nitrogens with one attached hydrogen (secondary N) is 1. The Morgan fingerprint density at radius 3 is 2.41 bits per heavy atom. The Hall–Kier alpha value is -0.570. The van der Waals surface area contributed by atoms with Gasteiger partial charge in [0.25, 0.3) is 0 Å². The summed E-state index contributed by atoms with van der Waals surface area (Å²) in [7, 11) is 0. The molecule has 0 atom stereocenters. The lowest BCUT2D eigenvalue weighted by atomic mass is 9.77. The van der Waals surface area contributed by atoms with Crippen molar-refractivity contribution < 1.29 is 9.90 Å². The summed E-state index contributed by atoms with van der Waals surface area (Å²) in [5.41, 5.74) is -0.102. The zero-order chi connectivity index (χ0) is 12.5. The van der Waals surface area contributed by atoms with E-state index in [2.05, 4.69) is 19.2 Å². The van der Waals surface area contributed by atoms with E-state index in [4.69, 9.17) is 0 Å². The number of aliphatic hydroxyl groups is 1. The second-order valence-corrected chi connectivity index (χ2v) is 6.38. The molecule has 3 nitrogen and oxygen atoms in total. The van der Waals surface area contributed by atoms with Crippen LogP contribution in [0.25, 0.3) is 0 Å². The minimum Gasteiger partial charge on any atom is -0.393 e. The summed E-state index contributed by atoms with van der Waals surface area (Å²) in [5, 5.41) is 12.4. The van der Waals surface area contributed by atoms with Crippen LogP contribution in [0.15, 0.2) is 0 Å². The van der Waals surface area contributed by atoms with Gasteiger partial charge >= 0.3 is 0 Å². The van der Waals surface area contributed by atoms with Crippen molar-refractivity contribution in [3.63, 3.8) is 0 Å². The average molecular weight is 239 g/mol. The number of carbonyl (C=O) groups is 1. The molecule has 0 radical (unpaired) electrons. The molecule has 2 aliphatic carbocycles. The molecule has 0 aromatic rings.